The number of nitrogens with one attached hydrogen (secondary N) is 2. The number of piperazine rings is 1. The number of anilines is 6. The summed E-state index contributed by atoms with van der Waals surface area (Å²) in [6.07, 6.45) is 8.14. The van der Waals surface area contributed by atoms with Crippen LogP contribution in [0.5, 0.6) is 5.75 Å². The van der Waals surface area contributed by atoms with Gasteiger partial charge in [0.15, 0.2) is 0 Å². The summed E-state index contributed by atoms with van der Waals surface area (Å²) in [6, 6.07) is 8.27. The van der Waals surface area contributed by atoms with Crippen LogP contribution in [0.1, 0.15) is 19.4 Å². The second-order valence-corrected chi connectivity index (χ2v) is 11.4. The fraction of sp³-hybridized carbons (Fsp3) is 0.379. The van der Waals surface area contributed by atoms with E-state index in [1.165, 1.54) is 11.3 Å². The number of nitrogens with zero attached hydrogens (tertiary/aromatic N) is 7. The van der Waals surface area contributed by atoms with E-state index in [2.05, 4.69) is 94.9 Å². The van der Waals surface area contributed by atoms with E-state index in [1.807, 2.05) is 12.1 Å². The van der Waals surface area contributed by atoms with E-state index in [0.717, 1.165) is 77.5 Å². The third kappa shape index (κ3) is 6.29. The van der Waals surface area contributed by atoms with Crippen LogP contribution in [0, 0.1) is 0 Å². The second kappa shape index (κ2) is 13.1. The van der Waals surface area contributed by atoms with Crippen molar-refractivity contribution in [3.8, 4) is 5.75 Å². The van der Waals surface area contributed by atoms with Gasteiger partial charge in [-0.25, -0.2) is 4.98 Å². The smallest absolute Gasteiger partial charge is 0.229 e. The molecule has 10 nitrogen and oxygen atoms in total. The van der Waals surface area contributed by atoms with Crippen molar-refractivity contribution in [1.82, 2.24) is 24.8 Å². The van der Waals surface area contributed by atoms with Crippen molar-refractivity contribution in [1.29, 1.82) is 0 Å². The number of methoxy groups -OCH3 is 1. The lowest BCUT2D eigenvalue weighted by Crippen LogP contribution is -2.44. The Morgan fingerprint density at radius 3 is 2.51 bits per heavy atom. The average molecular weight is 639 g/mol. The molecule has 0 unspecified atom stereocenters. The minimum Gasteiger partial charge on any atom is -0.494 e. The molecule has 41 heavy (non-hydrogen) atoms. The summed E-state index contributed by atoms with van der Waals surface area (Å²) >= 11 is 5.27. The van der Waals surface area contributed by atoms with E-state index in [4.69, 9.17) is 9.72 Å². The number of aromatic nitrogens is 4. The van der Waals surface area contributed by atoms with Gasteiger partial charge in [0.2, 0.25) is 5.95 Å². The van der Waals surface area contributed by atoms with Crippen LogP contribution in [0.3, 0.4) is 0 Å². The minimum absolute atomic E-state index is 0.461. The van der Waals surface area contributed by atoms with E-state index in [9.17, 15) is 0 Å². The molecule has 0 atom stereocenters. The molecule has 3 heterocycles. The average Bonchev–Trinajstić information content (AvgIpc) is 3.00. The molecule has 1 aliphatic heterocycles. The van der Waals surface area contributed by atoms with Gasteiger partial charge < -0.3 is 29.5 Å². The summed E-state index contributed by atoms with van der Waals surface area (Å²) in [4.78, 5) is 23.3. The predicted molar refractivity (Wildman–Crippen MR) is 174 cm³/mol. The van der Waals surface area contributed by atoms with Crippen molar-refractivity contribution in [3.63, 3.8) is 0 Å². The van der Waals surface area contributed by atoms with Crippen molar-refractivity contribution in [2.24, 2.45) is 0 Å². The number of hydrogen-bond acceptors (Lipinski definition) is 11. The van der Waals surface area contributed by atoms with Crippen molar-refractivity contribution in [2.75, 3.05) is 73.0 Å². The van der Waals surface area contributed by atoms with Gasteiger partial charge in [-0.2, -0.15) is 4.98 Å². The van der Waals surface area contributed by atoms with Gasteiger partial charge in [-0.15, -0.1) is 0 Å². The summed E-state index contributed by atoms with van der Waals surface area (Å²) in [7, 11) is 3.87. The monoisotopic (exact) mass is 637 g/mol. The molecule has 1 fully saturated rings. The number of ether oxygens (including phenoxy) is 1. The number of rotatable bonds is 10. The molecular weight excluding hydrogens is 602 g/mol. The Hall–Kier alpha value is -3.35. The standard InChI is InChI=1S/C29H36BrN9OS/c1-6-19-16-23(25(40-4)17-24(19)38-14-12-37(3)13-15-38)35-29-33-18-20(30)28(36-29)34-22-9-8-21-26(32-11-10-31-21)27(22)39(7-2)41-5/h8-11,16-18H,6-7,12-15H2,1-5H3,(H2,33,34,35,36). The molecule has 1 aliphatic rings. The summed E-state index contributed by atoms with van der Waals surface area (Å²) < 4.78 is 8.76. The summed E-state index contributed by atoms with van der Waals surface area (Å²) in [6.45, 7) is 9.19. The maximum absolute atomic E-state index is 5.83. The van der Waals surface area contributed by atoms with Gasteiger partial charge in [0.1, 0.15) is 17.1 Å². The lowest BCUT2D eigenvalue weighted by molar-refractivity contribution is 0.312. The Kier molecular flexibility index (Phi) is 9.31. The van der Waals surface area contributed by atoms with Crippen LogP contribution in [0.25, 0.3) is 11.0 Å². The molecule has 216 valence electrons. The maximum Gasteiger partial charge on any atom is 0.229 e. The Labute approximate surface area is 254 Å². The van der Waals surface area contributed by atoms with Crippen molar-refractivity contribution in [3.05, 3.63) is 52.9 Å². The van der Waals surface area contributed by atoms with Crippen LogP contribution >= 0.6 is 27.9 Å². The Bertz CT molecular complexity index is 1510. The lowest BCUT2D eigenvalue weighted by Gasteiger charge is -2.35. The normalized spacial score (nSPS) is 13.9. The molecule has 1 saturated heterocycles. The van der Waals surface area contributed by atoms with E-state index < -0.39 is 0 Å². The van der Waals surface area contributed by atoms with Gasteiger partial charge in [-0.05, 0) is 60.1 Å². The molecule has 2 N–H and O–H groups in total. The molecule has 0 saturated carbocycles. The zero-order valence-electron chi connectivity index (χ0n) is 24.1. The van der Waals surface area contributed by atoms with Gasteiger partial charge in [-0.1, -0.05) is 18.9 Å². The first-order valence-electron chi connectivity index (χ1n) is 13.7. The highest BCUT2D eigenvalue weighted by molar-refractivity contribution is 9.10. The van der Waals surface area contributed by atoms with E-state index in [0.29, 0.717) is 11.8 Å². The highest BCUT2D eigenvalue weighted by Gasteiger charge is 2.21. The van der Waals surface area contributed by atoms with Crippen molar-refractivity contribution < 1.29 is 4.74 Å². The predicted octanol–water partition coefficient (Wildman–Crippen LogP) is 6.10. The Morgan fingerprint density at radius 2 is 1.80 bits per heavy atom. The Balaban J connectivity index is 1.47. The van der Waals surface area contributed by atoms with Crippen molar-refractivity contribution >= 4 is 73.4 Å². The zero-order chi connectivity index (χ0) is 28.9. The maximum atomic E-state index is 5.83. The molecule has 5 rings (SSSR count). The van der Waals surface area contributed by atoms with Crippen molar-refractivity contribution in [2.45, 2.75) is 20.3 Å². The highest BCUT2D eigenvalue weighted by Crippen LogP contribution is 2.39. The molecule has 2 aromatic carbocycles. The first kappa shape index (κ1) is 29.2. The van der Waals surface area contributed by atoms with Crippen LogP contribution in [-0.2, 0) is 6.42 Å². The molecule has 0 amide bonds. The topological polar surface area (TPSA) is 94.6 Å². The molecule has 0 bridgehead atoms. The molecule has 0 radical (unpaired) electrons. The minimum atomic E-state index is 0.461. The number of aryl methyl sites for hydroxylation is 1. The summed E-state index contributed by atoms with van der Waals surface area (Å²) in [5, 5.41) is 6.92. The van der Waals surface area contributed by atoms with Crippen LogP contribution in [0.4, 0.5) is 34.5 Å². The fourth-order valence-corrected chi connectivity index (χ4v) is 5.94. The second-order valence-electron chi connectivity index (χ2n) is 9.73. The van der Waals surface area contributed by atoms with Crippen LogP contribution in [0.2, 0.25) is 0 Å². The third-order valence-corrected chi connectivity index (χ3v) is 8.70. The molecule has 2 aromatic heterocycles. The third-order valence-electron chi connectivity index (χ3n) is 7.24. The number of halogens is 1. The van der Waals surface area contributed by atoms with Gasteiger partial charge in [-0.3, -0.25) is 9.97 Å². The first-order chi connectivity index (χ1) is 19.9. The number of fused-ring (bicyclic) bond motifs is 1. The van der Waals surface area contributed by atoms with Crippen LogP contribution in [-0.4, -0.2) is 78.0 Å². The van der Waals surface area contributed by atoms with E-state index >= 15 is 0 Å². The van der Waals surface area contributed by atoms with E-state index in [-0.39, 0.29) is 0 Å². The van der Waals surface area contributed by atoms with Crippen LogP contribution < -0.4 is 24.6 Å². The van der Waals surface area contributed by atoms with Gasteiger partial charge in [0.05, 0.1) is 34.2 Å². The number of hydrogen-bond donors (Lipinski definition) is 2. The van der Waals surface area contributed by atoms with Crippen LogP contribution in [0.15, 0.2) is 47.3 Å². The van der Waals surface area contributed by atoms with Gasteiger partial charge in [0, 0.05) is 69.3 Å². The molecule has 4 aromatic rings. The molecule has 0 spiro atoms. The SMILES string of the molecule is CCc1cc(Nc2ncc(Br)c(Nc3ccc4nccnc4c3N(CC)SC)n2)c(OC)cc1N1CCN(C)CC1. The highest BCUT2D eigenvalue weighted by atomic mass is 79.9. The van der Waals surface area contributed by atoms with Gasteiger partial charge in [0.25, 0.3) is 0 Å². The lowest BCUT2D eigenvalue weighted by atomic mass is 10.1. The molecule has 12 heteroatoms. The molecule has 0 aliphatic carbocycles. The first-order valence-corrected chi connectivity index (χ1v) is 15.7. The van der Waals surface area contributed by atoms with E-state index in [1.54, 1.807) is 37.6 Å². The Morgan fingerprint density at radius 1 is 1.02 bits per heavy atom. The van der Waals surface area contributed by atoms with Gasteiger partial charge >= 0.3 is 0 Å². The quantitative estimate of drug-likeness (QED) is 0.198. The summed E-state index contributed by atoms with van der Waals surface area (Å²) in [5.41, 5.74) is 6.81. The number of benzene rings is 2. The molecular formula is C29H36BrN9OS. The fourth-order valence-electron chi connectivity index (χ4n) is 5.02. The number of likely N-dealkylation sites (N-methyl/N-ethyl adjacent to an activating group) is 1. The largest absolute Gasteiger partial charge is 0.494 e. The zero-order valence-corrected chi connectivity index (χ0v) is 26.5. The summed E-state index contributed by atoms with van der Waals surface area (Å²) in [5.74, 6) is 1.85.